The molecule has 6 heteroatoms. The van der Waals surface area contributed by atoms with Crippen molar-refractivity contribution < 1.29 is 13.9 Å². The average molecular weight is 363 g/mol. The highest BCUT2D eigenvalue weighted by molar-refractivity contribution is 5.99. The van der Waals surface area contributed by atoms with Crippen molar-refractivity contribution in [3.05, 3.63) is 82.7 Å². The van der Waals surface area contributed by atoms with E-state index < -0.39 is 11.7 Å². The molecule has 0 saturated heterocycles. The fraction of sp³-hybridized carbons (Fsp3) is 0.143. The number of carbonyl (C=O) groups excluding carboxylic acids is 1. The second kappa shape index (κ2) is 7.85. The summed E-state index contributed by atoms with van der Waals surface area (Å²) in [4.78, 5) is 13.6. The molecule has 0 spiro atoms. The first-order valence-corrected chi connectivity index (χ1v) is 8.30. The zero-order valence-corrected chi connectivity index (χ0v) is 14.8. The molecule has 27 heavy (non-hydrogen) atoms. The van der Waals surface area contributed by atoms with Crippen LogP contribution in [-0.2, 0) is 16.1 Å². The van der Waals surface area contributed by atoms with Gasteiger partial charge in [0.1, 0.15) is 11.9 Å². The lowest BCUT2D eigenvalue weighted by molar-refractivity contribution is -0.114. The Morgan fingerprint density at radius 1 is 1.30 bits per heavy atom. The summed E-state index contributed by atoms with van der Waals surface area (Å²) >= 11 is 0. The fourth-order valence-corrected chi connectivity index (χ4v) is 2.93. The van der Waals surface area contributed by atoms with Crippen LogP contribution >= 0.6 is 0 Å². The summed E-state index contributed by atoms with van der Waals surface area (Å²) in [6.45, 7) is 0.922. The second-order valence-electron chi connectivity index (χ2n) is 6.07. The smallest absolute Gasteiger partial charge is 0.248 e. The molecule has 0 unspecified atom stereocenters. The monoisotopic (exact) mass is 363 g/mol. The Labute approximate surface area is 156 Å². The Bertz CT molecular complexity index is 972. The van der Waals surface area contributed by atoms with Crippen LogP contribution in [0.4, 0.5) is 10.1 Å². The van der Waals surface area contributed by atoms with Crippen LogP contribution in [0.2, 0.25) is 0 Å². The number of rotatable bonds is 5. The standard InChI is InChI=1S/C21H18FN3O2/c1-27-13-14-2-6-18(7-3-14)25-9-8-16(21(24)26)11-20(25)15-4-5-17(12-23)19(22)10-15/h2-8,10-11H,9,13H2,1H3,(H2,24,26). The minimum atomic E-state index is -0.610. The van der Waals surface area contributed by atoms with Gasteiger partial charge in [-0.3, -0.25) is 4.79 Å². The number of nitrogens with two attached hydrogens (primary N) is 1. The van der Waals surface area contributed by atoms with E-state index in [9.17, 15) is 9.18 Å². The molecule has 2 aromatic carbocycles. The van der Waals surface area contributed by atoms with Crippen LogP contribution in [0.15, 0.2) is 60.2 Å². The molecule has 1 heterocycles. The third kappa shape index (κ3) is 3.89. The number of hydrogen-bond acceptors (Lipinski definition) is 4. The van der Waals surface area contributed by atoms with Crippen LogP contribution in [0.5, 0.6) is 0 Å². The van der Waals surface area contributed by atoms with Gasteiger partial charge in [-0.25, -0.2) is 4.39 Å². The van der Waals surface area contributed by atoms with Gasteiger partial charge in [-0.1, -0.05) is 24.3 Å². The number of carbonyl (C=O) groups is 1. The van der Waals surface area contributed by atoms with Crippen molar-refractivity contribution in [1.82, 2.24) is 0 Å². The van der Waals surface area contributed by atoms with Crippen molar-refractivity contribution in [2.45, 2.75) is 6.61 Å². The van der Waals surface area contributed by atoms with Crippen molar-refractivity contribution in [2.24, 2.45) is 5.73 Å². The first-order chi connectivity index (χ1) is 13.0. The van der Waals surface area contributed by atoms with E-state index in [1.807, 2.05) is 35.2 Å². The normalized spacial score (nSPS) is 13.6. The molecule has 2 N–H and O–H groups in total. The molecule has 1 aliphatic heterocycles. The van der Waals surface area contributed by atoms with E-state index in [-0.39, 0.29) is 5.56 Å². The summed E-state index contributed by atoms with van der Waals surface area (Å²) in [7, 11) is 1.63. The summed E-state index contributed by atoms with van der Waals surface area (Å²) in [5.41, 5.74) is 8.85. The van der Waals surface area contributed by atoms with Crippen LogP contribution in [0.3, 0.4) is 0 Å². The molecule has 0 aromatic heterocycles. The first kappa shape index (κ1) is 18.4. The average Bonchev–Trinajstić information content (AvgIpc) is 2.68. The Morgan fingerprint density at radius 3 is 2.63 bits per heavy atom. The van der Waals surface area contributed by atoms with Gasteiger partial charge in [-0.05, 0) is 35.9 Å². The highest BCUT2D eigenvalue weighted by Crippen LogP contribution is 2.31. The molecule has 0 aliphatic carbocycles. The largest absolute Gasteiger partial charge is 0.380 e. The maximum absolute atomic E-state index is 14.1. The van der Waals surface area contributed by atoms with Crippen LogP contribution in [0.25, 0.3) is 5.70 Å². The number of nitriles is 1. The van der Waals surface area contributed by atoms with Crippen LogP contribution in [-0.4, -0.2) is 19.6 Å². The number of methoxy groups -OCH3 is 1. The summed E-state index contributed by atoms with van der Waals surface area (Å²) in [5.74, 6) is -1.15. The van der Waals surface area contributed by atoms with Crippen molar-refractivity contribution in [2.75, 3.05) is 18.6 Å². The van der Waals surface area contributed by atoms with E-state index in [0.717, 1.165) is 11.3 Å². The van der Waals surface area contributed by atoms with Crippen molar-refractivity contribution in [3.63, 3.8) is 0 Å². The maximum Gasteiger partial charge on any atom is 0.248 e. The quantitative estimate of drug-likeness (QED) is 0.885. The van der Waals surface area contributed by atoms with Gasteiger partial charge in [0.05, 0.1) is 12.2 Å². The second-order valence-corrected chi connectivity index (χ2v) is 6.07. The van der Waals surface area contributed by atoms with Crippen molar-refractivity contribution in [1.29, 1.82) is 5.26 Å². The Kier molecular flexibility index (Phi) is 5.34. The van der Waals surface area contributed by atoms with Gasteiger partial charge < -0.3 is 15.4 Å². The van der Waals surface area contributed by atoms with Gasteiger partial charge >= 0.3 is 0 Å². The van der Waals surface area contributed by atoms with Gasteiger partial charge in [-0.2, -0.15) is 5.26 Å². The molecule has 1 aliphatic rings. The molecule has 136 valence electrons. The summed E-state index contributed by atoms with van der Waals surface area (Å²) in [5, 5.41) is 8.94. The molecule has 0 atom stereocenters. The van der Waals surface area contributed by atoms with Crippen molar-refractivity contribution >= 4 is 17.3 Å². The molecule has 0 radical (unpaired) electrons. The van der Waals surface area contributed by atoms with Crippen LogP contribution < -0.4 is 10.6 Å². The van der Waals surface area contributed by atoms with Gasteiger partial charge in [0, 0.05) is 36.2 Å². The SMILES string of the molecule is COCc1ccc(N2CC=C(C(N)=O)C=C2c2ccc(C#N)c(F)c2)cc1. The summed E-state index contributed by atoms with van der Waals surface area (Å²) in [6, 6.07) is 13.9. The van der Waals surface area contributed by atoms with Gasteiger partial charge in [0.15, 0.2) is 0 Å². The number of primary amides is 1. The molecule has 5 nitrogen and oxygen atoms in total. The van der Waals surface area contributed by atoms with E-state index >= 15 is 0 Å². The molecule has 2 aromatic rings. The third-order valence-corrected chi connectivity index (χ3v) is 4.31. The Balaban J connectivity index is 2.03. The zero-order valence-electron chi connectivity index (χ0n) is 14.8. The molecule has 0 fully saturated rings. The molecule has 0 bridgehead atoms. The Hall–Kier alpha value is -3.43. The maximum atomic E-state index is 14.1. The Morgan fingerprint density at radius 2 is 2.04 bits per heavy atom. The third-order valence-electron chi connectivity index (χ3n) is 4.31. The number of ether oxygens (including phenoxy) is 1. The van der Waals surface area contributed by atoms with Crippen molar-refractivity contribution in [3.8, 4) is 6.07 Å². The molecular formula is C21H18FN3O2. The summed E-state index contributed by atoms with van der Waals surface area (Å²) < 4.78 is 19.3. The van der Waals surface area contributed by atoms with Crippen LogP contribution in [0.1, 0.15) is 16.7 Å². The van der Waals surface area contributed by atoms with Crippen LogP contribution in [0, 0.1) is 17.1 Å². The molecule has 1 amide bonds. The predicted octanol–water partition coefficient (Wildman–Crippen LogP) is 3.12. The fourth-order valence-electron chi connectivity index (χ4n) is 2.93. The molecular weight excluding hydrogens is 345 g/mol. The first-order valence-electron chi connectivity index (χ1n) is 8.30. The summed E-state index contributed by atoms with van der Waals surface area (Å²) in [6.07, 6.45) is 3.37. The van der Waals surface area contributed by atoms with E-state index in [1.165, 1.54) is 12.1 Å². The van der Waals surface area contributed by atoms with Gasteiger partial charge in [0.2, 0.25) is 5.91 Å². The number of hydrogen-bond donors (Lipinski definition) is 1. The number of amides is 1. The number of benzene rings is 2. The lowest BCUT2D eigenvalue weighted by atomic mass is 10.0. The number of halogens is 1. The van der Waals surface area contributed by atoms with Gasteiger partial charge in [-0.15, -0.1) is 0 Å². The van der Waals surface area contributed by atoms with E-state index in [0.29, 0.717) is 30.0 Å². The number of anilines is 1. The lowest BCUT2D eigenvalue weighted by Gasteiger charge is -2.30. The minimum Gasteiger partial charge on any atom is -0.380 e. The molecule has 3 rings (SSSR count). The highest BCUT2D eigenvalue weighted by Gasteiger charge is 2.20. The van der Waals surface area contributed by atoms with E-state index in [4.69, 9.17) is 15.7 Å². The van der Waals surface area contributed by atoms with E-state index in [1.54, 1.807) is 25.3 Å². The predicted molar refractivity (Wildman–Crippen MR) is 101 cm³/mol. The highest BCUT2D eigenvalue weighted by atomic mass is 19.1. The lowest BCUT2D eigenvalue weighted by Crippen LogP contribution is -2.27. The topological polar surface area (TPSA) is 79.3 Å². The van der Waals surface area contributed by atoms with Gasteiger partial charge in [0.25, 0.3) is 0 Å². The number of nitrogens with zero attached hydrogens (tertiary/aromatic N) is 2. The van der Waals surface area contributed by atoms with E-state index in [2.05, 4.69) is 0 Å². The minimum absolute atomic E-state index is 0.0312. The zero-order chi connectivity index (χ0) is 19.4. The molecule has 0 saturated carbocycles.